The van der Waals surface area contributed by atoms with Crippen LogP contribution in [0.2, 0.25) is 0 Å². The Hall–Kier alpha value is -3.26. The number of hydrogen-bond donors (Lipinski definition) is 2. The number of nitrogens with zero attached hydrogens (tertiary/aromatic N) is 5. The smallest absolute Gasteiger partial charge is 0.322 e. The zero-order valence-electron chi connectivity index (χ0n) is 14.7. The summed E-state index contributed by atoms with van der Waals surface area (Å²) in [4.78, 5) is 13.2. The minimum absolute atomic E-state index is 0.336. The van der Waals surface area contributed by atoms with Crippen molar-refractivity contribution in [1.82, 2.24) is 25.5 Å². The van der Waals surface area contributed by atoms with Crippen molar-refractivity contribution in [3.8, 4) is 11.1 Å². The summed E-state index contributed by atoms with van der Waals surface area (Å²) in [6, 6.07) is 17.9. The van der Waals surface area contributed by atoms with Gasteiger partial charge in [-0.05, 0) is 27.1 Å². The van der Waals surface area contributed by atoms with Gasteiger partial charge in [-0.1, -0.05) is 59.7 Å². The number of tetrazole rings is 1. The minimum Gasteiger partial charge on any atom is -0.480 e. The van der Waals surface area contributed by atoms with Gasteiger partial charge in [-0.25, -0.2) is 4.68 Å². The molecule has 0 saturated carbocycles. The number of piperazine rings is 1. The molecule has 8 heteroatoms. The lowest BCUT2D eigenvalue weighted by atomic mass is 10.0. The summed E-state index contributed by atoms with van der Waals surface area (Å²) < 4.78 is 1.71. The van der Waals surface area contributed by atoms with Gasteiger partial charge >= 0.3 is 5.97 Å². The molecular formula is C19H20N6O2. The van der Waals surface area contributed by atoms with Crippen molar-refractivity contribution in [3.63, 3.8) is 0 Å². The Morgan fingerprint density at radius 2 is 1.85 bits per heavy atom. The predicted molar refractivity (Wildman–Crippen MR) is 100 cm³/mol. The van der Waals surface area contributed by atoms with E-state index in [0.717, 1.165) is 11.1 Å². The molecule has 1 saturated heterocycles. The number of carbonyl (C=O) groups is 1. The molecule has 27 heavy (non-hydrogen) atoms. The predicted octanol–water partition coefficient (Wildman–Crippen LogP) is 1.25. The summed E-state index contributed by atoms with van der Waals surface area (Å²) >= 11 is 0. The average molecular weight is 364 g/mol. The fraction of sp³-hybridized carbons (Fsp3) is 0.263. The first-order valence-electron chi connectivity index (χ1n) is 8.82. The van der Waals surface area contributed by atoms with E-state index in [1.807, 2.05) is 23.1 Å². The standard InChI is InChI=1S/C19H20N6O2/c26-18(27)17-13-24(11-10-20-17)19-21-22-23-25(19)12-14-6-8-16(9-7-14)15-4-2-1-3-5-15/h1-9,17,20H,10-13H2,(H,26,27). The van der Waals surface area contributed by atoms with E-state index in [0.29, 0.717) is 32.1 Å². The lowest BCUT2D eigenvalue weighted by Gasteiger charge is -2.31. The van der Waals surface area contributed by atoms with Gasteiger partial charge in [0.2, 0.25) is 5.95 Å². The maximum atomic E-state index is 11.2. The van der Waals surface area contributed by atoms with E-state index in [2.05, 4.69) is 57.2 Å². The van der Waals surface area contributed by atoms with Gasteiger partial charge in [-0.15, -0.1) is 0 Å². The summed E-state index contributed by atoms with van der Waals surface area (Å²) in [5.74, 6) is -0.273. The number of aliphatic carboxylic acids is 1. The van der Waals surface area contributed by atoms with E-state index in [1.54, 1.807) is 4.68 Å². The third-order valence-electron chi connectivity index (χ3n) is 4.66. The van der Waals surface area contributed by atoms with Crippen LogP contribution in [0.4, 0.5) is 5.95 Å². The van der Waals surface area contributed by atoms with Gasteiger partial charge in [0.1, 0.15) is 6.04 Å². The Morgan fingerprint density at radius 3 is 2.59 bits per heavy atom. The molecule has 8 nitrogen and oxygen atoms in total. The molecule has 0 radical (unpaired) electrons. The zero-order valence-corrected chi connectivity index (χ0v) is 14.7. The second-order valence-electron chi connectivity index (χ2n) is 6.49. The molecule has 1 unspecified atom stereocenters. The number of aromatic nitrogens is 4. The van der Waals surface area contributed by atoms with Crippen molar-refractivity contribution in [2.75, 3.05) is 24.5 Å². The third kappa shape index (κ3) is 3.80. The molecule has 2 heterocycles. The highest BCUT2D eigenvalue weighted by Gasteiger charge is 2.27. The quantitative estimate of drug-likeness (QED) is 0.703. The van der Waals surface area contributed by atoms with Crippen molar-refractivity contribution in [1.29, 1.82) is 0 Å². The molecular weight excluding hydrogens is 344 g/mol. The van der Waals surface area contributed by atoms with Gasteiger partial charge in [-0.3, -0.25) is 4.79 Å². The zero-order chi connectivity index (χ0) is 18.6. The second-order valence-corrected chi connectivity index (χ2v) is 6.49. The van der Waals surface area contributed by atoms with Gasteiger partial charge in [0.15, 0.2) is 0 Å². The van der Waals surface area contributed by atoms with E-state index in [9.17, 15) is 9.90 Å². The van der Waals surface area contributed by atoms with Gasteiger partial charge < -0.3 is 15.3 Å². The first-order valence-corrected chi connectivity index (χ1v) is 8.82. The summed E-state index contributed by atoms with van der Waals surface area (Å²) in [5, 5.41) is 24.2. The highest BCUT2D eigenvalue weighted by Crippen LogP contribution is 2.20. The molecule has 0 bridgehead atoms. The van der Waals surface area contributed by atoms with Crippen LogP contribution >= 0.6 is 0 Å². The van der Waals surface area contributed by atoms with Crippen LogP contribution in [0, 0.1) is 0 Å². The molecule has 2 aromatic carbocycles. The molecule has 1 aliphatic rings. The molecule has 1 aliphatic heterocycles. The van der Waals surface area contributed by atoms with Crippen molar-refractivity contribution in [3.05, 3.63) is 60.2 Å². The number of benzene rings is 2. The Bertz CT molecular complexity index is 909. The molecule has 1 atom stereocenters. The number of hydrogen-bond acceptors (Lipinski definition) is 6. The molecule has 2 N–H and O–H groups in total. The van der Waals surface area contributed by atoms with Crippen molar-refractivity contribution < 1.29 is 9.90 Å². The van der Waals surface area contributed by atoms with E-state index >= 15 is 0 Å². The molecule has 3 aromatic rings. The van der Waals surface area contributed by atoms with Crippen molar-refractivity contribution in [2.24, 2.45) is 0 Å². The molecule has 0 amide bonds. The van der Waals surface area contributed by atoms with Crippen LogP contribution in [0.25, 0.3) is 11.1 Å². The lowest BCUT2D eigenvalue weighted by molar-refractivity contribution is -0.139. The average Bonchev–Trinajstić information content (AvgIpc) is 3.17. The highest BCUT2D eigenvalue weighted by molar-refractivity contribution is 5.74. The Kier molecular flexibility index (Phi) is 4.80. The van der Waals surface area contributed by atoms with Gasteiger partial charge in [0, 0.05) is 19.6 Å². The first kappa shape index (κ1) is 17.2. The van der Waals surface area contributed by atoms with Crippen LogP contribution in [0.1, 0.15) is 5.56 Å². The van der Waals surface area contributed by atoms with Crippen LogP contribution < -0.4 is 10.2 Å². The SMILES string of the molecule is O=C(O)C1CN(c2nnnn2Cc2ccc(-c3ccccc3)cc2)CCN1. The van der Waals surface area contributed by atoms with Crippen molar-refractivity contribution in [2.45, 2.75) is 12.6 Å². The summed E-state index contributed by atoms with van der Waals surface area (Å²) in [5.41, 5.74) is 3.41. The van der Waals surface area contributed by atoms with E-state index in [1.165, 1.54) is 5.56 Å². The minimum atomic E-state index is -0.866. The fourth-order valence-corrected chi connectivity index (χ4v) is 3.23. The van der Waals surface area contributed by atoms with Crippen LogP contribution in [0.3, 0.4) is 0 Å². The molecule has 0 spiro atoms. The van der Waals surface area contributed by atoms with Crippen molar-refractivity contribution >= 4 is 11.9 Å². The van der Waals surface area contributed by atoms with Gasteiger partial charge in [0.25, 0.3) is 0 Å². The van der Waals surface area contributed by atoms with Crippen LogP contribution in [-0.4, -0.2) is 57.0 Å². The Morgan fingerprint density at radius 1 is 1.11 bits per heavy atom. The molecule has 1 fully saturated rings. The van der Waals surface area contributed by atoms with Gasteiger partial charge in [0.05, 0.1) is 6.54 Å². The second kappa shape index (κ2) is 7.55. The largest absolute Gasteiger partial charge is 0.480 e. The monoisotopic (exact) mass is 364 g/mol. The number of carboxylic acid groups (broad SMARTS) is 1. The van der Waals surface area contributed by atoms with Crippen LogP contribution in [0.5, 0.6) is 0 Å². The maximum Gasteiger partial charge on any atom is 0.322 e. The van der Waals surface area contributed by atoms with Crippen LogP contribution in [-0.2, 0) is 11.3 Å². The highest BCUT2D eigenvalue weighted by atomic mass is 16.4. The molecule has 4 rings (SSSR count). The fourth-order valence-electron chi connectivity index (χ4n) is 3.23. The number of anilines is 1. The number of nitrogens with one attached hydrogen (secondary N) is 1. The topological polar surface area (TPSA) is 96.2 Å². The number of carboxylic acids is 1. The maximum absolute atomic E-state index is 11.2. The van der Waals surface area contributed by atoms with Crippen LogP contribution in [0.15, 0.2) is 54.6 Å². The summed E-state index contributed by atoms with van der Waals surface area (Å²) in [7, 11) is 0. The van der Waals surface area contributed by atoms with Gasteiger partial charge in [-0.2, -0.15) is 0 Å². The van der Waals surface area contributed by atoms with E-state index in [4.69, 9.17) is 0 Å². The van der Waals surface area contributed by atoms with E-state index in [-0.39, 0.29) is 0 Å². The number of rotatable bonds is 5. The molecule has 138 valence electrons. The summed E-state index contributed by atoms with van der Waals surface area (Å²) in [6.07, 6.45) is 0. The summed E-state index contributed by atoms with van der Waals surface area (Å²) in [6.45, 7) is 2.11. The first-order chi connectivity index (χ1) is 13.2. The Labute approximate surface area is 156 Å². The molecule has 1 aromatic heterocycles. The third-order valence-corrected chi connectivity index (χ3v) is 4.66. The molecule has 0 aliphatic carbocycles. The lowest BCUT2D eigenvalue weighted by Crippen LogP contribution is -2.54. The Balaban J connectivity index is 1.49. The normalized spacial score (nSPS) is 17.0. The van der Waals surface area contributed by atoms with E-state index < -0.39 is 12.0 Å².